The average molecular weight is 212 g/mol. The minimum atomic E-state index is -0.948. The molecule has 1 amide bonds. The van der Waals surface area contributed by atoms with Gasteiger partial charge in [-0.25, -0.2) is 4.79 Å². The Morgan fingerprint density at radius 1 is 1.86 bits per heavy atom. The Morgan fingerprint density at radius 3 is 3.00 bits per heavy atom. The van der Waals surface area contributed by atoms with E-state index in [0.717, 1.165) is 0 Å². The predicted molar refractivity (Wildman–Crippen MR) is 49.5 cm³/mol. The first-order valence-corrected chi connectivity index (χ1v) is 4.60. The number of thiophene rings is 1. The highest BCUT2D eigenvalue weighted by Crippen LogP contribution is 2.24. The summed E-state index contributed by atoms with van der Waals surface area (Å²) in [7, 11) is 0. The van der Waals surface area contributed by atoms with Crippen LogP contribution in [0.3, 0.4) is 0 Å². The fourth-order valence-corrected chi connectivity index (χ4v) is 1.76. The SMILES string of the molecule is N#Cc1csc([C@H](CO)OC(N)=O)c1. The molecule has 0 aliphatic heterocycles. The molecule has 1 atom stereocenters. The van der Waals surface area contributed by atoms with Crippen molar-refractivity contribution in [1.82, 2.24) is 0 Å². The van der Waals surface area contributed by atoms with Crippen LogP contribution >= 0.6 is 11.3 Å². The fourth-order valence-electron chi connectivity index (χ4n) is 0.906. The zero-order valence-electron chi connectivity index (χ0n) is 7.14. The summed E-state index contributed by atoms with van der Waals surface area (Å²) in [6.07, 6.45) is -1.73. The highest BCUT2D eigenvalue weighted by molar-refractivity contribution is 7.10. The van der Waals surface area contributed by atoms with E-state index < -0.39 is 12.2 Å². The van der Waals surface area contributed by atoms with Crippen LogP contribution in [0.4, 0.5) is 4.79 Å². The summed E-state index contributed by atoms with van der Waals surface area (Å²) >= 11 is 1.23. The minimum absolute atomic E-state index is 0.353. The molecule has 0 unspecified atom stereocenters. The first-order chi connectivity index (χ1) is 6.67. The molecule has 0 saturated carbocycles. The van der Waals surface area contributed by atoms with Gasteiger partial charge in [0.2, 0.25) is 0 Å². The largest absolute Gasteiger partial charge is 0.438 e. The molecule has 0 aliphatic carbocycles. The third-order valence-corrected chi connectivity index (χ3v) is 2.52. The molecule has 0 bridgehead atoms. The van der Waals surface area contributed by atoms with Crippen molar-refractivity contribution in [2.24, 2.45) is 5.73 Å². The first-order valence-electron chi connectivity index (χ1n) is 3.73. The Hall–Kier alpha value is -1.58. The molecule has 1 aromatic rings. The van der Waals surface area contributed by atoms with Crippen LogP contribution in [-0.4, -0.2) is 17.8 Å². The minimum Gasteiger partial charge on any atom is -0.438 e. The van der Waals surface area contributed by atoms with Crippen LogP contribution in [-0.2, 0) is 4.74 Å². The normalized spacial score (nSPS) is 11.7. The van der Waals surface area contributed by atoms with Gasteiger partial charge >= 0.3 is 6.09 Å². The Labute approximate surface area is 84.3 Å². The van der Waals surface area contributed by atoms with E-state index in [1.807, 2.05) is 6.07 Å². The molecule has 0 fully saturated rings. The molecule has 1 heterocycles. The molecule has 74 valence electrons. The average Bonchev–Trinajstić information content (AvgIpc) is 2.62. The van der Waals surface area contributed by atoms with Crippen LogP contribution in [0.5, 0.6) is 0 Å². The summed E-state index contributed by atoms with van der Waals surface area (Å²) in [4.78, 5) is 11.0. The molecule has 0 saturated heterocycles. The highest BCUT2D eigenvalue weighted by Gasteiger charge is 2.16. The summed E-state index contributed by atoms with van der Waals surface area (Å²) in [5.74, 6) is 0. The topological polar surface area (TPSA) is 96.3 Å². The van der Waals surface area contributed by atoms with Gasteiger partial charge in [-0.2, -0.15) is 5.26 Å². The zero-order valence-corrected chi connectivity index (χ0v) is 7.95. The molecule has 0 aliphatic rings. The summed E-state index contributed by atoms with van der Waals surface area (Å²) in [6.45, 7) is -0.353. The van der Waals surface area contributed by atoms with Crippen molar-refractivity contribution in [1.29, 1.82) is 5.26 Å². The number of hydrogen-bond acceptors (Lipinski definition) is 5. The second-order valence-electron chi connectivity index (χ2n) is 2.46. The third-order valence-electron chi connectivity index (χ3n) is 1.49. The number of primary amides is 1. The number of nitrogens with two attached hydrogens (primary N) is 1. The van der Waals surface area contributed by atoms with E-state index in [-0.39, 0.29) is 6.61 Å². The van der Waals surface area contributed by atoms with Gasteiger partial charge in [0.1, 0.15) is 6.07 Å². The van der Waals surface area contributed by atoms with Gasteiger partial charge in [-0.1, -0.05) is 0 Å². The van der Waals surface area contributed by atoms with Crippen LogP contribution in [0.2, 0.25) is 0 Å². The number of aliphatic hydroxyl groups is 1. The van der Waals surface area contributed by atoms with Gasteiger partial charge in [0, 0.05) is 10.3 Å². The van der Waals surface area contributed by atoms with Crippen LogP contribution in [0.15, 0.2) is 11.4 Å². The van der Waals surface area contributed by atoms with E-state index >= 15 is 0 Å². The standard InChI is InChI=1S/C8H8N2O3S/c9-2-5-1-7(14-4-5)6(3-11)13-8(10)12/h1,4,6,11H,3H2,(H2,10,12)/t6-/m0/s1. The van der Waals surface area contributed by atoms with Crippen molar-refractivity contribution < 1.29 is 14.6 Å². The maximum Gasteiger partial charge on any atom is 0.405 e. The molecule has 0 spiro atoms. The number of rotatable bonds is 3. The molecule has 6 heteroatoms. The van der Waals surface area contributed by atoms with Crippen molar-refractivity contribution in [3.05, 3.63) is 21.9 Å². The molecule has 0 aromatic carbocycles. The molecule has 1 rings (SSSR count). The number of carbonyl (C=O) groups is 1. The van der Waals surface area contributed by atoms with Crippen LogP contribution in [0, 0.1) is 11.3 Å². The predicted octanol–water partition coefficient (Wildman–Crippen LogP) is 0.748. The number of hydrogen-bond donors (Lipinski definition) is 2. The fraction of sp³-hybridized carbons (Fsp3) is 0.250. The summed E-state index contributed by atoms with van der Waals surface area (Å²) in [6, 6.07) is 3.49. The lowest BCUT2D eigenvalue weighted by Gasteiger charge is -2.11. The Kier molecular flexibility index (Phi) is 3.45. The number of aliphatic hydroxyl groups excluding tert-OH is 1. The molecule has 0 radical (unpaired) electrons. The number of nitrogens with zero attached hydrogens (tertiary/aromatic N) is 1. The Morgan fingerprint density at radius 2 is 2.57 bits per heavy atom. The zero-order chi connectivity index (χ0) is 10.6. The van der Waals surface area contributed by atoms with Crippen LogP contribution in [0.1, 0.15) is 16.5 Å². The molecule has 5 nitrogen and oxygen atoms in total. The summed E-state index contributed by atoms with van der Waals surface area (Å²) < 4.78 is 4.63. The highest BCUT2D eigenvalue weighted by atomic mass is 32.1. The van der Waals surface area contributed by atoms with Crippen molar-refractivity contribution in [3.63, 3.8) is 0 Å². The molecule has 14 heavy (non-hydrogen) atoms. The lowest BCUT2D eigenvalue weighted by Crippen LogP contribution is -2.18. The van der Waals surface area contributed by atoms with Gasteiger partial charge in [-0.15, -0.1) is 11.3 Å². The summed E-state index contributed by atoms with van der Waals surface area (Å²) in [5, 5.41) is 19.1. The lowest BCUT2D eigenvalue weighted by molar-refractivity contribution is 0.0653. The third kappa shape index (κ3) is 2.45. The number of ether oxygens (including phenoxy) is 1. The van der Waals surface area contributed by atoms with E-state index in [0.29, 0.717) is 10.4 Å². The van der Waals surface area contributed by atoms with Crippen molar-refractivity contribution in [2.45, 2.75) is 6.10 Å². The number of amides is 1. The Bertz CT molecular complexity index is 369. The Balaban J connectivity index is 2.79. The van der Waals surface area contributed by atoms with Gasteiger partial charge < -0.3 is 15.6 Å². The lowest BCUT2D eigenvalue weighted by atomic mass is 10.2. The molecular weight excluding hydrogens is 204 g/mol. The van der Waals surface area contributed by atoms with E-state index in [9.17, 15) is 4.79 Å². The van der Waals surface area contributed by atoms with Gasteiger partial charge in [0.15, 0.2) is 6.10 Å². The number of nitriles is 1. The van der Waals surface area contributed by atoms with Gasteiger partial charge in [0.25, 0.3) is 0 Å². The van der Waals surface area contributed by atoms with Crippen LogP contribution < -0.4 is 5.73 Å². The van der Waals surface area contributed by atoms with Gasteiger partial charge in [-0.05, 0) is 6.07 Å². The smallest absolute Gasteiger partial charge is 0.405 e. The maximum atomic E-state index is 10.4. The van der Waals surface area contributed by atoms with E-state index in [1.54, 1.807) is 11.4 Å². The second kappa shape index (κ2) is 4.60. The van der Waals surface area contributed by atoms with E-state index in [4.69, 9.17) is 16.1 Å². The first kappa shape index (κ1) is 10.5. The monoisotopic (exact) mass is 212 g/mol. The van der Waals surface area contributed by atoms with E-state index in [2.05, 4.69) is 4.74 Å². The maximum absolute atomic E-state index is 10.4. The summed E-state index contributed by atoms with van der Waals surface area (Å²) in [5.41, 5.74) is 5.28. The van der Waals surface area contributed by atoms with Crippen molar-refractivity contribution in [2.75, 3.05) is 6.61 Å². The van der Waals surface area contributed by atoms with Crippen LogP contribution in [0.25, 0.3) is 0 Å². The van der Waals surface area contributed by atoms with Crippen molar-refractivity contribution >= 4 is 17.4 Å². The number of carbonyl (C=O) groups excluding carboxylic acids is 1. The van der Waals surface area contributed by atoms with Gasteiger partial charge in [0.05, 0.1) is 12.2 Å². The molecule has 3 N–H and O–H groups in total. The molecule has 1 aromatic heterocycles. The van der Waals surface area contributed by atoms with Crippen molar-refractivity contribution in [3.8, 4) is 6.07 Å². The molecular formula is C8H8N2O3S. The van der Waals surface area contributed by atoms with E-state index in [1.165, 1.54) is 11.3 Å². The quantitative estimate of drug-likeness (QED) is 0.772. The second-order valence-corrected chi connectivity index (χ2v) is 3.40. The van der Waals surface area contributed by atoms with Gasteiger partial charge in [-0.3, -0.25) is 0 Å².